The number of hydrogen-bond donors (Lipinski definition) is 2. The number of hydrogen-bond acceptors (Lipinski definition) is 5. The Morgan fingerprint density at radius 1 is 1.27 bits per heavy atom. The number of fused-ring (bicyclic) bond motifs is 2. The number of nitrogens with one attached hydrogen (secondary N) is 2. The first-order valence-corrected chi connectivity index (χ1v) is 9.72. The van der Waals surface area contributed by atoms with Crippen LogP contribution in [0.3, 0.4) is 0 Å². The Hall–Kier alpha value is -2.45. The van der Waals surface area contributed by atoms with Gasteiger partial charge in [0.1, 0.15) is 0 Å². The molecule has 8 heteroatoms. The van der Waals surface area contributed by atoms with Crippen LogP contribution in [0.15, 0.2) is 40.8 Å². The number of rotatable bonds is 5. The molecule has 0 unspecified atom stereocenters. The van der Waals surface area contributed by atoms with E-state index >= 15 is 0 Å². The van der Waals surface area contributed by atoms with Crippen molar-refractivity contribution in [2.24, 2.45) is 4.99 Å². The second kappa shape index (κ2) is 7.84. The van der Waals surface area contributed by atoms with Crippen molar-refractivity contribution in [3.8, 4) is 0 Å². The number of guanidine groups is 1. The maximum Gasteiger partial charge on any atom is 0.191 e. The van der Waals surface area contributed by atoms with Crippen LogP contribution in [0.5, 0.6) is 0 Å². The van der Waals surface area contributed by atoms with Crippen molar-refractivity contribution in [3.63, 3.8) is 0 Å². The number of nitrogens with zero attached hydrogens (tertiary/aromatic N) is 5. The van der Waals surface area contributed by atoms with Crippen LogP contribution in [0.25, 0.3) is 5.65 Å². The van der Waals surface area contributed by atoms with Gasteiger partial charge in [0, 0.05) is 44.3 Å². The SMILES string of the molecule is CN=C(NCCN1CCc2sccc2C1)NCc1nnc2ccccn12. The molecular weight excluding hydrogens is 346 g/mol. The quantitative estimate of drug-likeness (QED) is 0.527. The number of thiophene rings is 1. The van der Waals surface area contributed by atoms with Gasteiger partial charge >= 0.3 is 0 Å². The molecule has 0 fully saturated rings. The topological polar surface area (TPSA) is 69.8 Å². The molecule has 1 aliphatic rings. The molecule has 0 saturated carbocycles. The summed E-state index contributed by atoms with van der Waals surface area (Å²) in [5, 5.41) is 17.3. The number of aliphatic imine (C=N–C) groups is 1. The minimum atomic E-state index is 0.576. The van der Waals surface area contributed by atoms with Gasteiger partial charge in [-0.1, -0.05) is 6.07 Å². The summed E-state index contributed by atoms with van der Waals surface area (Å²) in [5.41, 5.74) is 2.34. The molecule has 0 spiro atoms. The fraction of sp³-hybridized carbons (Fsp3) is 0.389. The van der Waals surface area contributed by atoms with E-state index < -0.39 is 0 Å². The fourth-order valence-electron chi connectivity index (χ4n) is 3.23. The highest BCUT2D eigenvalue weighted by Gasteiger charge is 2.16. The Labute approximate surface area is 156 Å². The molecule has 0 aliphatic carbocycles. The van der Waals surface area contributed by atoms with Crippen LogP contribution in [0, 0.1) is 0 Å². The lowest BCUT2D eigenvalue weighted by molar-refractivity contribution is 0.260. The molecule has 4 heterocycles. The van der Waals surface area contributed by atoms with Crippen molar-refractivity contribution in [3.05, 3.63) is 52.1 Å². The van der Waals surface area contributed by atoms with Gasteiger partial charge < -0.3 is 10.6 Å². The van der Waals surface area contributed by atoms with Crippen molar-refractivity contribution in [2.45, 2.75) is 19.5 Å². The Kier molecular flexibility index (Phi) is 5.12. The molecule has 2 N–H and O–H groups in total. The lowest BCUT2D eigenvalue weighted by atomic mass is 10.1. The minimum Gasteiger partial charge on any atom is -0.355 e. The molecule has 3 aromatic rings. The van der Waals surface area contributed by atoms with Gasteiger partial charge in [0.15, 0.2) is 17.4 Å². The highest BCUT2D eigenvalue weighted by Crippen LogP contribution is 2.23. The van der Waals surface area contributed by atoms with E-state index in [0.29, 0.717) is 6.54 Å². The van der Waals surface area contributed by atoms with Crippen molar-refractivity contribution >= 4 is 22.9 Å². The maximum atomic E-state index is 4.30. The summed E-state index contributed by atoms with van der Waals surface area (Å²) in [7, 11) is 1.79. The second-order valence-electron chi connectivity index (χ2n) is 6.29. The van der Waals surface area contributed by atoms with E-state index in [1.54, 1.807) is 11.9 Å². The summed E-state index contributed by atoms with van der Waals surface area (Å²) in [5.74, 6) is 1.65. The molecule has 26 heavy (non-hydrogen) atoms. The van der Waals surface area contributed by atoms with E-state index in [-0.39, 0.29) is 0 Å². The van der Waals surface area contributed by atoms with Crippen molar-refractivity contribution in [2.75, 3.05) is 26.7 Å². The van der Waals surface area contributed by atoms with Crippen LogP contribution in [-0.2, 0) is 19.5 Å². The third-order valence-electron chi connectivity index (χ3n) is 4.63. The third-order valence-corrected chi connectivity index (χ3v) is 5.65. The normalized spacial score (nSPS) is 15.2. The van der Waals surface area contributed by atoms with Crippen LogP contribution in [0.4, 0.5) is 0 Å². The Bertz CT molecular complexity index is 898. The minimum absolute atomic E-state index is 0.576. The van der Waals surface area contributed by atoms with E-state index in [1.165, 1.54) is 12.0 Å². The van der Waals surface area contributed by atoms with E-state index in [1.807, 2.05) is 40.1 Å². The average molecular weight is 369 g/mol. The molecule has 0 amide bonds. The monoisotopic (exact) mass is 369 g/mol. The van der Waals surface area contributed by atoms with Crippen LogP contribution < -0.4 is 10.6 Å². The fourth-order valence-corrected chi connectivity index (χ4v) is 4.11. The van der Waals surface area contributed by atoms with E-state index in [0.717, 1.165) is 43.6 Å². The summed E-state index contributed by atoms with van der Waals surface area (Å²) in [6.07, 6.45) is 3.14. The van der Waals surface area contributed by atoms with E-state index in [9.17, 15) is 0 Å². The van der Waals surface area contributed by atoms with Crippen LogP contribution in [-0.4, -0.2) is 52.1 Å². The third kappa shape index (κ3) is 3.71. The van der Waals surface area contributed by atoms with Crippen molar-refractivity contribution in [1.29, 1.82) is 0 Å². The van der Waals surface area contributed by atoms with Crippen LogP contribution in [0.2, 0.25) is 0 Å². The van der Waals surface area contributed by atoms with Crippen LogP contribution >= 0.6 is 11.3 Å². The lowest BCUT2D eigenvalue weighted by Gasteiger charge is -2.27. The molecule has 3 aromatic heterocycles. The smallest absolute Gasteiger partial charge is 0.191 e. The zero-order valence-electron chi connectivity index (χ0n) is 14.9. The molecule has 0 aromatic carbocycles. The Morgan fingerprint density at radius 2 is 2.23 bits per heavy atom. The van der Waals surface area contributed by atoms with E-state index in [4.69, 9.17) is 0 Å². The molecule has 1 aliphatic heterocycles. The standard InChI is InChI=1S/C18H23N7S/c1-19-18(21-12-17-23-22-16-4-2-3-8-25(16)17)20-7-10-24-9-5-15-14(13-24)6-11-26-15/h2-4,6,8,11H,5,7,9-10,12-13H2,1H3,(H2,19,20,21). The molecule has 0 bridgehead atoms. The highest BCUT2D eigenvalue weighted by molar-refractivity contribution is 7.10. The van der Waals surface area contributed by atoms with E-state index in [2.05, 4.69) is 42.2 Å². The first-order chi connectivity index (χ1) is 12.8. The summed E-state index contributed by atoms with van der Waals surface area (Å²) in [6.45, 7) is 4.63. The zero-order chi connectivity index (χ0) is 17.8. The van der Waals surface area contributed by atoms with Gasteiger partial charge in [-0.3, -0.25) is 14.3 Å². The van der Waals surface area contributed by atoms with Gasteiger partial charge in [0.05, 0.1) is 6.54 Å². The van der Waals surface area contributed by atoms with Crippen molar-refractivity contribution in [1.82, 2.24) is 30.1 Å². The predicted octanol–water partition coefficient (Wildman–Crippen LogP) is 1.51. The van der Waals surface area contributed by atoms with Gasteiger partial charge in [-0.05, 0) is 35.6 Å². The Balaban J connectivity index is 1.25. The predicted molar refractivity (Wildman–Crippen MR) is 104 cm³/mol. The highest BCUT2D eigenvalue weighted by atomic mass is 32.1. The molecule has 0 saturated heterocycles. The molecule has 0 atom stereocenters. The molecular formula is C18H23N7S. The molecule has 0 radical (unpaired) electrons. The second-order valence-corrected chi connectivity index (χ2v) is 7.29. The maximum absolute atomic E-state index is 4.30. The summed E-state index contributed by atoms with van der Waals surface area (Å²) < 4.78 is 1.98. The Morgan fingerprint density at radius 3 is 3.15 bits per heavy atom. The lowest BCUT2D eigenvalue weighted by Crippen LogP contribution is -2.42. The number of aromatic nitrogens is 3. The van der Waals surface area contributed by atoms with Gasteiger partial charge in [0.2, 0.25) is 0 Å². The first kappa shape index (κ1) is 17.0. The van der Waals surface area contributed by atoms with Gasteiger partial charge in [-0.25, -0.2) is 0 Å². The summed E-state index contributed by atoms with van der Waals surface area (Å²) in [6, 6.07) is 8.13. The average Bonchev–Trinajstić information content (AvgIpc) is 3.31. The molecule has 136 valence electrons. The van der Waals surface area contributed by atoms with Crippen LogP contribution in [0.1, 0.15) is 16.3 Å². The molecule has 7 nitrogen and oxygen atoms in total. The number of pyridine rings is 1. The van der Waals surface area contributed by atoms with Crippen molar-refractivity contribution < 1.29 is 0 Å². The summed E-state index contributed by atoms with van der Waals surface area (Å²) in [4.78, 5) is 8.33. The van der Waals surface area contributed by atoms with Gasteiger partial charge in [-0.2, -0.15) is 0 Å². The molecule has 4 rings (SSSR count). The largest absolute Gasteiger partial charge is 0.355 e. The van der Waals surface area contributed by atoms with Gasteiger partial charge in [0.25, 0.3) is 0 Å². The van der Waals surface area contributed by atoms with Gasteiger partial charge in [-0.15, -0.1) is 21.5 Å². The summed E-state index contributed by atoms with van der Waals surface area (Å²) >= 11 is 1.88. The first-order valence-electron chi connectivity index (χ1n) is 8.84. The zero-order valence-corrected chi connectivity index (χ0v) is 15.7.